The molecule has 7 nitrogen and oxygen atoms in total. The number of fused-ring (bicyclic) bond motifs is 1. The number of aliphatic hydroxyl groups is 1. The van der Waals surface area contributed by atoms with Crippen molar-refractivity contribution in [3.63, 3.8) is 0 Å². The van der Waals surface area contributed by atoms with Gasteiger partial charge >= 0.3 is 0 Å². The van der Waals surface area contributed by atoms with Gasteiger partial charge in [-0.2, -0.15) is 0 Å². The van der Waals surface area contributed by atoms with Crippen LogP contribution in [0.25, 0.3) is 0 Å². The Labute approximate surface area is 255 Å². The normalized spacial score (nSPS) is 31.1. The van der Waals surface area contributed by atoms with E-state index in [0.717, 1.165) is 44.1 Å². The molecule has 4 fully saturated rings. The number of rotatable bonds is 12. The quantitative estimate of drug-likeness (QED) is 0.346. The maximum Gasteiger partial charge on any atom is 0.247 e. The van der Waals surface area contributed by atoms with Crippen molar-refractivity contribution in [3.05, 3.63) is 61.2 Å². The molecule has 3 heterocycles. The predicted molar refractivity (Wildman–Crippen MR) is 168 cm³/mol. The van der Waals surface area contributed by atoms with Crippen LogP contribution in [0.5, 0.6) is 0 Å². The second-order valence-corrected chi connectivity index (χ2v) is 14.6. The van der Waals surface area contributed by atoms with E-state index in [-0.39, 0.29) is 30.4 Å². The summed E-state index contributed by atoms with van der Waals surface area (Å²) in [7, 11) is 0. The average Bonchev–Trinajstić information content (AvgIpc) is 3.57. The molecule has 1 saturated carbocycles. The molecule has 0 aromatic heterocycles. The van der Waals surface area contributed by atoms with Crippen LogP contribution in [-0.4, -0.2) is 85.3 Å². The van der Waals surface area contributed by atoms with Gasteiger partial charge in [0.25, 0.3) is 0 Å². The molecule has 8 heteroatoms. The van der Waals surface area contributed by atoms with Crippen molar-refractivity contribution in [2.75, 3.05) is 26.2 Å². The molecule has 3 saturated heterocycles. The average molecular weight is 594 g/mol. The smallest absolute Gasteiger partial charge is 0.247 e. The van der Waals surface area contributed by atoms with Gasteiger partial charge in [0.15, 0.2) is 0 Å². The molecule has 5 rings (SSSR count). The summed E-state index contributed by atoms with van der Waals surface area (Å²) in [6, 6.07) is 8.18. The second kappa shape index (κ2) is 12.6. The summed E-state index contributed by atoms with van der Waals surface area (Å²) in [6.07, 6.45) is 11.0. The summed E-state index contributed by atoms with van der Waals surface area (Å²) in [6.45, 7) is 13.2. The first-order valence-corrected chi connectivity index (χ1v) is 16.6. The number of amides is 3. The third kappa shape index (κ3) is 5.02. The van der Waals surface area contributed by atoms with Crippen LogP contribution in [0.3, 0.4) is 0 Å². The van der Waals surface area contributed by atoms with Gasteiger partial charge in [-0.05, 0) is 44.6 Å². The second-order valence-electron chi connectivity index (χ2n) is 12.7. The summed E-state index contributed by atoms with van der Waals surface area (Å²) in [5, 5.41) is 10.8. The molecule has 42 heavy (non-hydrogen) atoms. The maximum absolute atomic E-state index is 15.0. The number of aliphatic hydroxyl groups excluding tert-OH is 1. The molecule has 2 unspecified atom stereocenters. The highest BCUT2D eigenvalue weighted by molar-refractivity contribution is 8.02. The van der Waals surface area contributed by atoms with E-state index in [1.54, 1.807) is 28.8 Å². The van der Waals surface area contributed by atoms with E-state index in [1.165, 1.54) is 6.42 Å². The number of thioether (sulfide) groups is 1. The van der Waals surface area contributed by atoms with Crippen LogP contribution in [0.4, 0.5) is 0 Å². The molecule has 4 aliphatic rings. The van der Waals surface area contributed by atoms with Crippen LogP contribution < -0.4 is 0 Å². The Hall–Kier alpha value is -2.58. The van der Waals surface area contributed by atoms with E-state index in [0.29, 0.717) is 26.1 Å². The molecule has 1 aliphatic carbocycles. The molecule has 3 amide bonds. The van der Waals surface area contributed by atoms with Gasteiger partial charge in [0, 0.05) is 30.4 Å². The number of hydrogen-bond donors (Lipinski definition) is 1. The van der Waals surface area contributed by atoms with Crippen molar-refractivity contribution in [3.8, 4) is 0 Å². The van der Waals surface area contributed by atoms with Crippen molar-refractivity contribution < 1.29 is 19.5 Å². The Morgan fingerprint density at radius 3 is 2.40 bits per heavy atom. The third-order valence-corrected chi connectivity index (χ3v) is 12.2. The minimum absolute atomic E-state index is 0.0183. The van der Waals surface area contributed by atoms with E-state index in [4.69, 9.17) is 0 Å². The summed E-state index contributed by atoms with van der Waals surface area (Å²) >= 11 is 1.70. The van der Waals surface area contributed by atoms with Gasteiger partial charge in [-0.3, -0.25) is 14.4 Å². The third-order valence-electron chi connectivity index (χ3n) is 10.2. The van der Waals surface area contributed by atoms with E-state index < -0.39 is 33.4 Å². The molecule has 3 aliphatic heterocycles. The van der Waals surface area contributed by atoms with Crippen molar-refractivity contribution in [2.24, 2.45) is 11.8 Å². The van der Waals surface area contributed by atoms with E-state index in [2.05, 4.69) is 20.1 Å². The summed E-state index contributed by atoms with van der Waals surface area (Å²) in [4.78, 5) is 49.6. The van der Waals surface area contributed by atoms with Gasteiger partial charge in [-0.1, -0.05) is 68.7 Å². The topological polar surface area (TPSA) is 81.2 Å². The first-order valence-electron chi connectivity index (χ1n) is 15.8. The molecule has 2 bridgehead atoms. The molecule has 1 N–H and O–H groups in total. The Balaban J connectivity index is 1.63. The minimum Gasteiger partial charge on any atom is -0.394 e. The van der Waals surface area contributed by atoms with Gasteiger partial charge in [0.2, 0.25) is 17.7 Å². The Bertz CT molecular complexity index is 1190. The van der Waals surface area contributed by atoms with Crippen LogP contribution >= 0.6 is 11.8 Å². The Morgan fingerprint density at radius 2 is 1.79 bits per heavy atom. The number of hydrogen-bond acceptors (Lipinski definition) is 5. The highest BCUT2D eigenvalue weighted by Gasteiger charge is 2.78. The minimum atomic E-state index is -0.766. The maximum atomic E-state index is 15.0. The monoisotopic (exact) mass is 593 g/mol. The lowest BCUT2D eigenvalue weighted by molar-refractivity contribution is -0.148. The summed E-state index contributed by atoms with van der Waals surface area (Å²) in [5.41, 5.74) is 0.795. The van der Waals surface area contributed by atoms with Crippen LogP contribution in [-0.2, 0) is 14.4 Å². The standard InChI is InChI=1S/C34H47N3O4S/c1-5-20-35(21-6-2)30(39)27-28-31(40)37(26(23-38)24-14-10-8-11-15-24)29(34(28)19-18-33(27,4)42-34)32(41)36(22-7-3)25-16-12-9-13-17-25/h5,7-8,10-11,14-15,25-29,38H,1,3,6,9,12-13,16-23H2,2,4H3/t26-,27+,28+,29?,33-,34?/m1/s1. The molecular formula is C34H47N3O4S. The van der Waals surface area contributed by atoms with Crippen molar-refractivity contribution in [1.82, 2.24) is 14.7 Å². The van der Waals surface area contributed by atoms with Gasteiger partial charge in [0.1, 0.15) is 6.04 Å². The fourth-order valence-electron chi connectivity index (χ4n) is 8.41. The Kier molecular flexibility index (Phi) is 9.24. The van der Waals surface area contributed by atoms with Crippen LogP contribution in [0.2, 0.25) is 0 Å². The molecule has 1 spiro atoms. The number of nitrogens with zero attached hydrogens (tertiary/aromatic N) is 3. The number of likely N-dealkylation sites (tertiary alicyclic amines) is 1. The van der Waals surface area contributed by atoms with Gasteiger partial charge in [-0.25, -0.2) is 0 Å². The number of carbonyl (C=O) groups is 3. The fraction of sp³-hybridized carbons (Fsp3) is 0.618. The molecule has 0 radical (unpaired) electrons. The molecule has 6 atom stereocenters. The largest absolute Gasteiger partial charge is 0.394 e. The van der Waals surface area contributed by atoms with Crippen molar-refractivity contribution in [2.45, 2.75) is 92.8 Å². The van der Waals surface area contributed by atoms with Gasteiger partial charge in [0.05, 0.1) is 29.2 Å². The lowest BCUT2D eigenvalue weighted by Crippen LogP contribution is -2.58. The lowest BCUT2D eigenvalue weighted by atomic mass is 9.66. The van der Waals surface area contributed by atoms with Gasteiger partial charge in [-0.15, -0.1) is 24.9 Å². The van der Waals surface area contributed by atoms with Crippen LogP contribution in [0.1, 0.15) is 76.8 Å². The number of carbonyl (C=O) groups excluding carboxylic acids is 3. The van der Waals surface area contributed by atoms with Crippen molar-refractivity contribution >= 4 is 29.5 Å². The molecular weight excluding hydrogens is 546 g/mol. The predicted octanol–water partition coefficient (Wildman–Crippen LogP) is 4.97. The molecule has 1 aromatic carbocycles. The van der Waals surface area contributed by atoms with Gasteiger partial charge < -0.3 is 19.8 Å². The first kappa shape index (κ1) is 30.9. The molecule has 228 valence electrons. The van der Waals surface area contributed by atoms with E-state index in [9.17, 15) is 19.5 Å². The summed E-state index contributed by atoms with van der Waals surface area (Å²) < 4.78 is -1.17. The molecule has 1 aromatic rings. The lowest BCUT2D eigenvalue weighted by Gasteiger charge is -2.42. The van der Waals surface area contributed by atoms with E-state index >= 15 is 0 Å². The van der Waals surface area contributed by atoms with Crippen LogP contribution in [0.15, 0.2) is 55.6 Å². The first-order chi connectivity index (χ1) is 20.3. The highest BCUT2D eigenvalue weighted by Crippen LogP contribution is 2.72. The van der Waals surface area contributed by atoms with Crippen LogP contribution in [0, 0.1) is 11.8 Å². The van der Waals surface area contributed by atoms with E-state index in [1.807, 2.05) is 47.1 Å². The SMILES string of the molecule is C=CCN(CCC)C(=O)[C@@H]1[C@H]2C(=O)N([C@H](CO)c3ccccc3)C(C(=O)N(CC=C)C3CCCCC3)C23CC[C@@]1(C)S3. The fourth-order valence-corrected chi connectivity index (χ4v) is 10.7. The zero-order chi connectivity index (χ0) is 30.1. The summed E-state index contributed by atoms with van der Waals surface area (Å²) in [5.74, 6) is -1.42. The zero-order valence-electron chi connectivity index (χ0n) is 25.2. The number of benzene rings is 1. The Morgan fingerprint density at radius 1 is 1.10 bits per heavy atom. The zero-order valence-corrected chi connectivity index (χ0v) is 26.1. The van der Waals surface area contributed by atoms with Crippen molar-refractivity contribution in [1.29, 1.82) is 0 Å². The highest BCUT2D eigenvalue weighted by atomic mass is 32.2.